The third-order valence-electron chi connectivity index (χ3n) is 3.44. The summed E-state index contributed by atoms with van der Waals surface area (Å²) >= 11 is 0. The SMILES string of the molecule is Cc1ccccc1[C@@H]1C[C@H]1C(=O)N[C@@H](C)C(=O)O. The molecule has 2 N–H and O–H groups in total. The van der Waals surface area contributed by atoms with Crippen LogP contribution in [-0.2, 0) is 9.59 Å². The first-order valence-corrected chi connectivity index (χ1v) is 6.09. The zero-order valence-corrected chi connectivity index (χ0v) is 10.5. The van der Waals surface area contributed by atoms with E-state index in [0.29, 0.717) is 0 Å². The lowest BCUT2D eigenvalue weighted by atomic mass is 10.0. The van der Waals surface area contributed by atoms with Crippen LogP contribution in [0, 0.1) is 12.8 Å². The van der Waals surface area contributed by atoms with Gasteiger partial charge in [-0.15, -0.1) is 0 Å². The molecule has 0 aliphatic heterocycles. The van der Waals surface area contributed by atoms with Gasteiger partial charge < -0.3 is 10.4 Å². The summed E-state index contributed by atoms with van der Waals surface area (Å²) in [6.07, 6.45) is 0.809. The zero-order valence-electron chi connectivity index (χ0n) is 10.5. The molecule has 1 aromatic carbocycles. The molecule has 0 radical (unpaired) electrons. The molecule has 0 unspecified atom stereocenters. The lowest BCUT2D eigenvalue weighted by Crippen LogP contribution is -2.39. The molecule has 1 fully saturated rings. The van der Waals surface area contributed by atoms with E-state index in [1.807, 2.05) is 31.2 Å². The molecule has 1 aliphatic carbocycles. The topological polar surface area (TPSA) is 66.4 Å². The van der Waals surface area contributed by atoms with Crippen molar-refractivity contribution in [2.24, 2.45) is 5.92 Å². The number of carboxylic acid groups (broad SMARTS) is 1. The van der Waals surface area contributed by atoms with Crippen LogP contribution < -0.4 is 5.32 Å². The highest BCUT2D eigenvalue weighted by atomic mass is 16.4. The molecule has 18 heavy (non-hydrogen) atoms. The highest BCUT2D eigenvalue weighted by molar-refractivity contribution is 5.87. The molecule has 4 nitrogen and oxygen atoms in total. The molecule has 1 amide bonds. The Morgan fingerprint density at radius 3 is 2.67 bits per heavy atom. The predicted octanol–water partition coefficient (Wildman–Crippen LogP) is 1.69. The van der Waals surface area contributed by atoms with Gasteiger partial charge in [-0.25, -0.2) is 0 Å². The Morgan fingerprint density at radius 1 is 1.39 bits per heavy atom. The number of benzene rings is 1. The third-order valence-corrected chi connectivity index (χ3v) is 3.44. The van der Waals surface area contributed by atoms with Gasteiger partial charge in [0.25, 0.3) is 0 Å². The minimum atomic E-state index is -1.00. The molecule has 1 aliphatic rings. The normalized spacial score (nSPS) is 23.2. The van der Waals surface area contributed by atoms with Crippen molar-refractivity contribution in [1.29, 1.82) is 0 Å². The van der Waals surface area contributed by atoms with Crippen LogP contribution in [0.1, 0.15) is 30.4 Å². The smallest absolute Gasteiger partial charge is 0.325 e. The van der Waals surface area contributed by atoms with Crippen LogP contribution in [0.5, 0.6) is 0 Å². The molecule has 0 aromatic heterocycles. The van der Waals surface area contributed by atoms with Crippen molar-refractivity contribution in [3.05, 3.63) is 35.4 Å². The maximum Gasteiger partial charge on any atom is 0.325 e. The average molecular weight is 247 g/mol. The molecule has 0 spiro atoms. The number of hydrogen-bond acceptors (Lipinski definition) is 2. The number of amides is 1. The number of nitrogens with one attached hydrogen (secondary N) is 1. The van der Waals surface area contributed by atoms with E-state index in [1.54, 1.807) is 0 Å². The molecule has 0 saturated heterocycles. The van der Waals surface area contributed by atoms with E-state index in [2.05, 4.69) is 5.32 Å². The second-order valence-electron chi connectivity index (χ2n) is 4.87. The third kappa shape index (κ3) is 2.53. The Bertz CT molecular complexity index is 484. The van der Waals surface area contributed by atoms with Crippen LogP contribution in [0.4, 0.5) is 0 Å². The van der Waals surface area contributed by atoms with E-state index in [0.717, 1.165) is 6.42 Å². The summed E-state index contributed by atoms with van der Waals surface area (Å²) in [6.45, 7) is 3.51. The quantitative estimate of drug-likeness (QED) is 0.850. The van der Waals surface area contributed by atoms with Crippen LogP contribution >= 0.6 is 0 Å². The number of aliphatic carboxylic acids is 1. The van der Waals surface area contributed by atoms with E-state index in [-0.39, 0.29) is 17.7 Å². The summed E-state index contributed by atoms with van der Waals surface area (Å²) in [5.74, 6) is -0.991. The average Bonchev–Trinajstić information content (AvgIpc) is 3.09. The Kier molecular flexibility index (Phi) is 3.36. The van der Waals surface area contributed by atoms with Gasteiger partial charge in [0.1, 0.15) is 6.04 Å². The van der Waals surface area contributed by atoms with Crippen molar-refractivity contribution in [1.82, 2.24) is 5.32 Å². The first-order valence-electron chi connectivity index (χ1n) is 6.09. The molecule has 96 valence electrons. The fourth-order valence-electron chi connectivity index (χ4n) is 2.21. The van der Waals surface area contributed by atoms with Gasteiger partial charge in [-0.05, 0) is 37.3 Å². The number of carbonyl (C=O) groups is 2. The van der Waals surface area contributed by atoms with Gasteiger partial charge in [0.15, 0.2) is 0 Å². The summed E-state index contributed by atoms with van der Waals surface area (Å²) in [5.41, 5.74) is 2.38. The van der Waals surface area contributed by atoms with Gasteiger partial charge in [0, 0.05) is 5.92 Å². The van der Waals surface area contributed by atoms with E-state index >= 15 is 0 Å². The Labute approximate surface area is 106 Å². The van der Waals surface area contributed by atoms with Gasteiger partial charge in [0.2, 0.25) is 5.91 Å². The fraction of sp³-hybridized carbons (Fsp3) is 0.429. The molecule has 3 atom stereocenters. The number of hydrogen-bond donors (Lipinski definition) is 2. The summed E-state index contributed by atoms with van der Waals surface area (Å²) < 4.78 is 0. The first kappa shape index (κ1) is 12.6. The number of carboxylic acids is 1. The molecule has 0 bridgehead atoms. The highest BCUT2D eigenvalue weighted by Gasteiger charge is 2.44. The van der Waals surface area contributed by atoms with Crippen molar-refractivity contribution in [2.75, 3.05) is 0 Å². The monoisotopic (exact) mass is 247 g/mol. The minimum Gasteiger partial charge on any atom is -0.480 e. The lowest BCUT2D eigenvalue weighted by Gasteiger charge is -2.09. The maximum absolute atomic E-state index is 11.8. The van der Waals surface area contributed by atoms with Crippen LogP contribution in [-0.4, -0.2) is 23.0 Å². The van der Waals surface area contributed by atoms with Gasteiger partial charge in [-0.1, -0.05) is 24.3 Å². The van der Waals surface area contributed by atoms with Crippen molar-refractivity contribution in [3.63, 3.8) is 0 Å². The highest BCUT2D eigenvalue weighted by Crippen LogP contribution is 2.48. The number of aryl methyl sites for hydroxylation is 1. The van der Waals surface area contributed by atoms with Crippen molar-refractivity contribution < 1.29 is 14.7 Å². The molecule has 1 saturated carbocycles. The lowest BCUT2D eigenvalue weighted by molar-refractivity contribution is -0.141. The molecule has 4 heteroatoms. The van der Waals surface area contributed by atoms with E-state index in [9.17, 15) is 9.59 Å². The summed E-state index contributed by atoms with van der Waals surface area (Å²) in [5, 5.41) is 11.3. The molecule has 1 aromatic rings. The van der Waals surface area contributed by atoms with Gasteiger partial charge >= 0.3 is 5.97 Å². The van der Waals surface area contributed by atoms with Crippen LogP contribution in [0.3, 0.4) is 0 Å². The minimum absolute atomic E-state index is 0.0760. The zero-order chi connectivity index (χ0) is 13.3. The molecular formula is C14H17NO3. The Balaban J connectivity index is 1.97. The second kappa shape index (κ2) is 4.80. The first-order chi connectivity index (χ1) is 8.50. The van der Waals surface area contributed by atoms with E-state index in [1.165, 1.54) is 18.1 Å². The van der Waals surface area contributed by atoms with Gasteiger partial charge in [-0.3, -0.25) is 9.59 Å². The Hall–Kier alpha value is -1.84. The molecule has 2 rings (SSSR count). The number of rotatable bonds is 4. The van der Waals surface area contributed by atoms with E-state index < -0.39 is 12.0 Å². The largest absolute Gasteiger partial charge is 0.480 e. The predicted molar refractivity (Wildman–Crippen MR) is 67.3 cm³/mol. The van der Waals surface area contributed by atoms with Gasteiger partial charge in [0.05, 0.1) is 0 Å². The molecular weight excluding hydrogens is 230 g/mol. The van der Waals surface area contributed by atoms with Crippen LogP contribution in [0.2, 0.25) is 0 Å². The van der Waals surface area contributed by atoms with E-state index in [4.69, 9.17) is 5.11 Å². The Morgan fingerprint density at radius 2 is 2.06 bits per heavy atom. The second-order valence-corrected chi connectivity index (χ2v) is 4.87. The van der Waals surface area contributed by atoms with Crippen LogP contribution in [0.15, 0.2) is 24.3 Å². The van der Waals surface area contributed by atoms with Crippen molar-refractivity contribution in [2.45, 2.75) is 32.2 Å². The summed E-state index contributed by atoms with van der Waals surface area (Å²) in [7, 11) is 0. The summed E-state index contributed by atoms with van der Waals surface area (Å²) in [4.78, 5) is 22.5. The van der Waals surface area contributed by atoms with Crippen LogP contribution in [0.25, 0.3) is 0 Å². The standard InChI is InChI=1S/C14H17NO3/c1-8-5-3-4-6-10(8)11-7-12(11)13(16)15-9(2)14(17)18/h3-6,9,11-12H,7H2,1-2H3,(H,15,16)(H,17,18)/t9-,11-,12+/m0/s1. The van der Waals surface area contributed by atoms with Crippen molar-refractivity contribution in [3.8, 4) is 0 Å². The molecule has 0 heterocycles. The van der Waals surface area contributed by atoms with Gasteiger partial charge in [-0.2, -0.15) is 0 Å². The van der Waals surface area contributed by atoms with Crippen molar-refractivity contribution >= 4 is 11.9 Å². The summed E-state index contributed by atoms with van der Waals surface area (Å²) in [6, 6.07) is 7.19. The maximum atomic E-state index is 11.8. The number of carbonyl (C=O) groups excluding carboxylic acids is 1. The fourth-order valence-corrected chi connectivity index (χ4v) is 2.21.